The molecule has 0 aliphatic carbocycles. The molecule has 1 fully saturated rings. The quantitative estimate of drug-likeness (QED) is 0.866. The van der Waals surface area contributed by atoms with Gasteiger partial charge >= 0.3 is 0 Å². The highest BCUT2D eigenvalue weighted by molar-refractivity contribution is 9.10. The molecule has 1 aliphatic rings. The number of rotatable bonds is 2. The van der Waals surface area contributed by atoms with Crippen molar-refractivity contribution in [2.75, 3.05) is 18.1 Å². The van der Waals surface area contributed by atoms with Gasteiger partial charge in [-0.15, -0.1) is 0 Å². The third kappa shape index (κ3) is 1.74. The maximum absolute atomic E-state index is 9.19. The fourth-order valence-electron chi connectivity index (χ4n) is 1.82. The van der Waals surface area contributed by atoms with Gasteiger partial charge in [0.15, 0.2) is 0 Å². The molecule has 76 valence electrons. The van der Waals surface area contributed by atoms with Gasteiger partial charge in [-0.1, -0.05) is 0 Å². The summed E-state index contributed by atoms with van der Waals surface area (Å²) in [5.74, 6) is 0.886. The smallest absolute Gasteiger partial charge is 0.146 e. The Hall–Kier alpha value is -0.680. The first-order valence-electron chi connectivity index (χ1n) is 4.66. The average Bonchev–Trinajstić information content (AvgIpc) is 2.66. The van der Waals surface area contributed by atoms with E-state index in [2.05, 4.69) is 30.8 Å². The van der Waals surface area contributed by atoms with Crippen molar-refractivity contribution in [2.24, 2.45) is 0 Å². The molecule has 2 rings (SSSR count). The number of hydrogen-bond acceptors (Lipinski definition) is 4. The highest BCUT2D eigenvalue weighted by atomic mass is 79.9. The van der Waals surface area contributed by atoms with Crippen LogP contribution in [0.5, 0.6) is 0 Å². The number of aliphatic hydroxyl groups is 1. The van der Waals surface area contributed by atoms with E-state index in [-0.39, 0.29) is 12.6 Å². The van der Waals surface area contributed by atoms with Crippen LogP contribution in [0.3, 0.4) is 0 Å². The Morgan fingerprint density at radius 2 is 2.50 bits per heavy atom. The van der Waals surface area contributed by atoms with E-state index in [0.29, 0.717) is 0 Å². The van der Waals surface area contributed by atoms with Crippen LogP contribution in [0.15, 0.2) is 17.0 Å². The summed E-state index contributed by atoms with van der Waals surface area (Å²) in [5, 5.41) is 9.19. The zero-order chi connectivity index (χ0) is 9.97. The zero-order valence-corrected chi connectivity index (χ0v) is 9.31. The minimum absolute atomic E-state index is 0.191. The second-order valence-electron chi connectivity index (χ2n) is 3.37. The molecule has 1 aromatic heterocycles. The predicted molar refractivity (Wildman–Crippen MR) is 57.2 cm³/mol. The Morgan fingerprint density at radius 3 is 3.21 bits per heavy atom. The van der Waals surface area contributed by atoms with E-state index in [1.54, 1.807) is 6.20 Å². The Morgan fingerprint density at radius 1 is 1.64 bits per heavy atom. The third-order valence-electron chi connectivity index (χ3n) is 2.51. The average molecular weight is 258 g/mol. The molecule has 1 saturated heterocycles. The van der Waals surface area contributed by atoms with Crippen molar-refractivity contribution in [1.82, 2.24) is 9.97 Å². The van der Waals surface area contributed by atoms with Crippen molar-refractivity contribution in [3.05, 3.63) is 17.0 Å². The normalized spacial score (nSPS) is 21.6. The van der Waals surface area contributed by atoms with Gasteiger partial charge in [0, 0.05) is 12.7 Å². The molecule has 4 nitrogen and oxygen atoms in total. The summed E-state index contributed by atoms with van der Waals surface area (Å²) < 4.78 is 0.889. The van der Waals surface area contributed by atoms with Crippen LogP contribution in [0.25, 0.3) is 0 Å². The fourth-order valence-corrected chi connectivity index (χ4v) is 2.27. The van der Waals surface area contributed by atoms with Crippen LogP contribution in [0, 0.1) is 0 Å². The first kappa shape index (κ1) is 9.86. The highest BCUT2D eigenvalue weighted by Gasteiger charge is 2.26. The molecule has 0 amide bonds. The number of hydrogen-bond donors (Lipinski definition) is 1. The van der Waals surface area contributed by atoms with E-state index in [1.807, 2.05) is 0 Å². The molecule has 14 heavy (non-hydrogen) atoms. The molecular formula is C9H12BrN3O. The number of nitrogens with zero attached hydrogens (tertiary/aromatic N) is 3. The van der Waals surface area contributed by atoms with Crippen LogP contribution in [-0.2, 0) is 0 Å². The SMILES string of the molecule is OCC1CCCN1c1ncncc1Br. The minimum atomic E-state index is 0.191. The van der Waals surface area contributed by atoms with Gasteiger partial charge in [0.05, 0.1) is 17.1 Å². The second-order valence-corrected chi connectivity index (χ2v) is 4.22. The van der Waals surface area contributed by atoms with Crippen molar-refractivity contribution in [2.45, 2.75) is 18.9 Å². The van der Waals surface area contributed by atoms with Gasteiger partial charge in [0.1, 0.15) is 12.1 Å². The summed E-state index contributed by atoms with van der Waals surface area (Å²) in [7, 11) is 0. The maximum atomic E-state index is 9.19. The number of aliphatic hydroxyl groups excluding tert-OH is 1. The van der Waals surface area contributed by atoms with Gasteiger partial charge < -0.3 is 10.0 Å². The lowest BCUT2D eigenvalue weighted by molar-refractivity contribution is 0.266. The van der Waals surface area contributed by atoms with Crippen molar-refractivity contribution >= 4 is 21.7 Å². The summed E-state index contributed by atoms with van der Waals surface area (Å²) in [4.78, 5) is 10.3. The van der Waals surface area contributed by atoms with Gasteiger partial charge in [0.25, 0.3) is 0 Å². The molecule has 0 saturated carbocycles. The van der Waals surface area contributed by atoms with E-state index < -0.39 is 0 Å². The molecule has 1 atom stereocenters. The van der Waals surface area contributed by atoms with Crippen LogP contribution < -0.4 is 4.90 Å². The van der Waals surface area contributed by atoms with Gasteiger partial charge in [-0.3, -0.25) is 0 Å². The molecule has 1 unspecified atom stereocenters. The molecular weight excluding hydrogens is 246 g/mol. The third-order valence-corrected chi connectivity index (χ3v) is 3.07. The number of anilines is 1. The zero-order valence-electron chi connectivity index (χ0n) is 7.73. The summed E-state index contributed by atoms with van der Waals surface area (Å²) in [6.45, 7) is 1.15. The minimum Gasteiger partial charge on any atom is -0.394 e. The van der Waals surface area contributed by atoms with E-state index in [9.17, 15) is 5.11 Å². The maximum Gasteiger partial charge on any atom is 0.146 e. The van der Waals surface area contributed by atoms with Gasteiger partial charge in [-0.2, -0.15) is 0 Å². The molecule has 1 aliphatic heterocycles. The van der Waals surface area contributed by atoms with Crippen LogP contribution >= 0.6 is 15.9 Å². The van der Waals surface area contributed by atoms with Crippen LogP contribution in [0.1, 0.15) is 12.8 Å². The first-order chi connectivity index (χ1) is 6.83. The molecule has 0 aromatic carbocycles. The van der Waals surface area contributed by atoms with E-state index >= 15 is 0 Å². The van der Waals surface area contributed by atoms with Crippen LogP contribution in [0.4, 0.5) is 5.82 Å². The molecule has 2 heterocycles. The lowest BCUT2D eigenvalue weighted by Crippen LogP contribution is -2.32. The van der Waals surface area contributed by atoms with Gasteiger partial charge in [-0.25, -0.2) is 9.97 Å². The van der Waals surface area contributed by atoms with Crippen molar-refractivity contribution < 1.29 is 5.11 Å². The number of halogens is 1. The standard InChI is InChI=1S/C9H12BrN3O/c10-8-4-11-6-12-9(8)13-3-1-2-7(13)5-14/h4,6-7,14H,1-3,5H2. The lowest BCUT2D eigenvalue weighted by Gasteiger charge is -2.24. The van der Waals surface area contributed by atoms with Crippen molar-refractivity contribution in [3.8, 4) is 0 Å². The summed E-state index contributed by atoms with van der Waals surface area (Å²) >= 11 is 3.41. The molecule has 1 N–H and O–H groups in total. The summed E-state index contributed by atoms with van der Waals surface area (Å²) in [5.41, 5.74) is 0. The summed E-state index contributed by atoms with van der Waals surface area (Å²) in [6, 6.07) is 0.209. The molecule has 0 bridgehead atoms. The van der Waals surface area contributed by atoms with Crippen LogP contribution in [0.2, 0.25) is 0 Å². The summed E-state index contributed by atoms with van der Waals surface area (Å²) in [6.07, 6.45) is 5.41. The molecule has 0 radical (unpaired) electrons. The van der Waals surface area contributed by atoms with E-state index in [4.69, 9.17) is 0 Å². The Balaban J connectivity index is 2.26. The Labute approximate surface area is 91.1 Å². The highest BCUT2D eigenvalue weighted by Crippen LogP contribution is 2.28. The number of aromatic nitrogens is 2. The Kier molecular flexibility index (Phi) is 2.98. The first-order valence-corrected chi connectivity index (χ1v) is 5.45. The largest absolute Gasteiger partial charge is 0.394 e. The lowest BCUT2D eigenvalue weighted by atomic mass is 10.2. The topological polar surface area (TPSA) is 49.2 Å². The second kappa shape index (κ2) is 4.23. The molecule has 1 aromatic rings. The van der Waals surface area contributed by atoms with Gasteiger partial charge in [0.2, 0.25) is 0 Å². The Bertz CT molecular complexity index is 321. The predicted octanol–water partition coefficient (Wildman–Crippen LogP) is 1.20. The van der Waals surface area contributed by atoms with Crippen molar-refractivity contribution in [3.63, 3.8) is 0 Å². The fraction of sp³-hybridized carbons (Fsp3) is 0.556. The molecule has 5 heteroatoms. The van der Waals surface area contributed by atoms with E-state index in [1.165, 1.54) is 6.33 Å². The van der Waals surface area contributed by atoms with E-state index in [0.717, 1.165) is 29.7 Å². The van der Waals surface area contributed by atoms with Gasteiger partial charge in [-0.05, 0) is 28.8 Å². The van der Waals surface area contributed by atoms with Crippen LogP contribution in [-0.4, -0.2) is 34.3 Å². The monoisotopic (exact) mass is 257 g/mol. The molecule has 0 spiro atoms. The van der Waals surface area contributed by atoms with Crippen molar-refractivity contribution in [1.29, 1.82) is 0 Å².